The monoisotopic (exact) mass is 508 g/mol. The van der Waals surface area contributed by atoms with Crippen molar-refractivity contribution in [3.63, 3.8) is 0 Å². The van der Waals surface area contributed by atoms with E-state index in [1.807, 2.05) is 6.92 Å². The molecule has 9 nitrogen and oxygen atoms in total. The van der Waals surface area contributed by atoms with Crippen molar-refractivity contribution in [1.29, 1.82) is 0 Å². The van der Waals surface area contributed by atoms with Crippen LogP contribution in [0.4, 0.5) is 0 Å². The normalized spacial score (nSPS) is 13.9. The van der Waals surface area contributed by atoms with Gasteiger partial charge in [-0.3, -0.25) is 19.0 Å². The van der Waals surface area contributed by atoms with Gasteiger partial charge < -0.3 is 23.8 Å². The maximum absolute atomic E-state index is 13.8. The Morgan fingerprint density at radius 2 is 1.54 bits per heavy atom. The van der Waals surface area contributed by atoms with Gasteiger partial charge in [-0.25, -0.2) is 0 Å². The predicted octanol–water partition coefficient (Wildman–Crippen LogP) is 3.82. The fourth-order valence-electron chi connectivity index (χ4n) is 4.65. The van der Waals surface area contributed by atoms with Crippen molar-refractivity contribution in [3.8, 4) is 22.9 Å². The molecule has 2 heterocycles. The number of fused-ring (bicyclic) bond motifs is 1. The SMILES string of the molecule is CCOC(=O)C1CCN(C(=O)c2cn(-c3ccc(OCC)cc3)c(=O)c3cc(OC)c(OC)cc23)CC1. The number of ether oxygens (including phenoxy) is 4. The second kappa shape index (κ2) is 11.4. The molecular weight excluding hydrogens is 476 g/mol. The van der Waals surface area contributed by atoms with Gasteiger partial charge in [-0.1, -0.05) is 0 Å². The Morgan fingerprint density at radius 1 is 0.919 bits per heavy atom. The van der Waals surface area contributed by atoms with Crippen LogP contribution >= 0.6 is 0 Å². The molecule has 9 heteroatoms. The number of esters is 1. The average Bonchev–Trinajstić information content (AvgIpc) is 2.93. The summed E-state index contributed by atoms with van der Waals surface area (Å²) in [6.45, 7) is 5.38. The molecule has 1 aromatic heterocycles. The first-order valence-corrected chi connectivity index (χ1v) is 12.4. The van der Waals surface area contributed by atoms with Crippen molar-refractivity contribution in [3.05, 3.63) is 58.5 Å². The molecule has 0 saturated carbocycles. The smallest absolute Gasteiger partial charge is 0.309 e. The Balaban J connectivity index is 1.79. The predicted molar refractivity (Wildman–Crippen MR) is 139 cm³/mol. The lowest BCUT2D eigenvalue weighted by atomic mass is 9.96. The van der Waals surface area contributed by atoms with Crippen molar-refractivity contribution in [1.82, 2.24) is 9.47 Å². The fourth-order valence-corrected chi connectivity index (χ4v) is 4.65. The van der Waals surface area contributed by atoms with E-state index in [1.165, 1.54) is 18.8 Å². The van der Waals surface area contributed by atoms with Gasteiger partial charge in [0.25, 0.3) is 11.5 Å². The zero-order chi connectivity index (χ0) is 26.5. The molecule has 1 aliphatic heterocycles. The molecular formula is C28H32N2O7. The summed E-state index contributed by atoms with van der Waals surface area (Å²) in [5, 5.41) is 0.807. The summed E-state index contributed by atoms with van der Waals surface area (Å²) in [6, 6.07) is 10.4. The molecule has 0 N–H and O–H groups in total. The molecule has 196 valence electrons. The van der Waals surface area contributed by atoms with Crippen molar-refractivity contribution >= 4 is 22.6 Å². The second-order valence-corrected chi connectivity index (χ2v) is 8.72. The van der Waals surface area contributed by atoms with Crippen LogP contribution < -0.4 is 19.8 Å². The number of piperidine rings is 1. The summed E-state index contributed by atoms with van der Waals surface area (Å²) in [4.78, 5) is 41.3. The van der Waals surface area contributed by atoms with Gasteiger partial charge in [-0.15, -0.1) is 0 Å². The minimum Gasteiger partial charge on any atom is -0.494 e. The number of carbonyl (C=O) groups is 2. The van der Waals surface area contributed by atoms with Crippen LogP contribution in [0.1, 0.15) is 37.0 Å². The molecule has 0 atom stereocenters. The molecule has 2 aromatic carbocycles. The van der Waals surface area contributed by atoms with Gasteiger partial charge in [0.1, 0.15) is 5.75 Å². The number of carbonyl (C=O) groups excluding carboxylic acids is 2. The van der Waals surface area contributed by atoms with Gasteiger partial charge in [0, 0.05) is 30.4 Å². The number of likely N-dealkylation sites (tertiary alicyclic amines) is 1. The van der Waals surface area contributed by atoms with E-state index in [2.05, 4.69) is 0 Å². The number of aromatic nitrogens is 1. The molecule has 4 rings (SSSR count). The van der Waals surface area contributed by atoms with E-state index >= 15 is 0 Å². The van der Waals surface area contributed by atoms with Gasteiger partial charge in [-0.2, -0.15) is 0 Å². The third-order valence-electron chi connectivity index (χ3n) is 6.58. The van der Waals surface area contributed by atoms with Crippen molar-refractivity contribution in [2.24, 2.45) is 5.92 Å². The summed E-state index contributed by atoms with van der Waals surface area (Å²) in [7, 11) is 3.00. The number of hydrogen-bond donors (Lipinski definition) is 0. The van der Waals surface area contributed by atoms with Crippen LogP contribution in [0.3, 0.4) is 0 Å². The van der Waals surface area contributed by atoms with Crippen LogP contribution in [0.5, 0.6) is 17.2 Å². The van der Waals surface area contributed by atoms with Crippen molar-refractivity contribution in [2.45, 2.75) is 26.7 Å². The first kappa shape index (κ1) is 26.1. The summed E-state index contributed by atoms with van der Waals surface area (Å²) >= 11 is 0. The summed E-state index contributed by atoms with van der Waals surface area (Å²) in [5.74, 6) is 0.837. The number of benzene rings is 2. The lowest BCUT2D eigenvalue weighted by Crippen LogP contribution is -2.41. The first-order chi connectivity index (χ1) is 17.9. The van der Waals surface area contributed by atoms with Crippen LogP contribution in [0.15, 0.2) is 47.4 Å². The average molecular weight is 509 g/mol. The van der Waals surface area contributed by atoms with E-state index in [0.717, 1.165) is 0 Å². The number of hydrogen-bond acceptors (Lipinski definition) is 7. The highest BCUT2D eigenvalue weighted by atomic mass is 16.5. The van der Waals surface area contributed by atoms with Gasteiger partial charge in [-0.05, 0) is 63.1 Å². The Labute approximate surface area is 215 Å². The molecule has 0 unspecified atom stereocenters. The Morgan fingerprint density at radius 3 is 2.11 bits per heavy atom. The molecule has 1 saturated heterocycles. The molecule has 3 aromatic rings. The molecule has 1 fully saturated rings. The largest absolute Gasteiger partial charge is 0.494 e. The van der Waals surface area contributed by atoms with Gasteiger partial charge in [0.05, 0.1) is 44.3 Å². The second-order valence-electron chi connectivity index (χ2n) is 8.72. The number of methoxy groups -OCH3 is 2. The Bertz CT molecular complexity index is 1340. The molecule has 0 radical (unpaired) electrons. The van der Waals surface area contributed by atoms with E-state index in [4.69, 9.17) is 18.9 Å². The Kier molecular flexibility index (Phi) is 8.01. The standard InChI is InChI=1S/C28H32N2O7/c1-5-36-20-9-7-19(8-10-20)30-17-23(21-15-24(34-3)25(35-4)16-22(21)27(30)32)26(31)29-13-11-18(12-14-29)28(33)37-6-2/h7-10,15-18H,5-6,11-14H2,1-4H3. The zero-order valence-electron chi connectivity index (χ0n) is 21.6. The van der Waals surface area contributed by atoms with Gasteiger partial charge >= 0.3 is 5.97 Å². The summed E-state index contributed by atoms with van der Waals surface area (Å²) < 4.78 is 23.0. The van der Waals surface area contributed by atoms with Crippen LogP contribution in [0.2, 0.25) is 0 Å². The quantitative estimate of drug-likeness (QED) is 0.427. The summed E-state index contributed by atoms with van der Waals surface area (Å²) in [5.41, 5.74) is 0.664. The molecule has 37 heavy (non-hydrogen) atoms. The number of pyridine rings is 1. The lowest BCUT2D eigenvalue weighted by Gasteiger charge is -2.31. The molecule has 1 amide bonds. The molecule has 0 spiro atoms. The summed E-state index contributed by atoms with van der Waals surface area (Å²) in [6.07, 6.45) is 2.63. The molecule has 0 bridgehead atoms. The van der Waals surface area contributed by atoms with Crippen LogP contribution in [-0.4, -0.2) is 61.9 Å². The third-order valence-corrected chi connectivity index (χ3v) is 6.58. The molecule has 0 aliphatic carbocycles. The van der Waals surface area contributed by atoms with Crippen molar-refractivity contribution < 1.29 is 28.5 Å². The topological polar surface area (TPSA) is 96.3 Å². The Hall–Kier alpha value is -4.01. The minimum atomic E-state index is -0.294. The van der Waals surface area contributed by atoms with E-state index in [1.54, 1.807) is 54.4 Å². The minimum absolute atomic E-state index is 0.220. The third kappa shape index (κ3) is 5.26. The highest BCUT2D eigenvalue weighted by Crippen LogP contribution is 2.33. The maximum Gasteiger partial charge on any atom is 0.309 e. The van der Waals surface area contributed by atoms with Crippen LogP contribution in [-0.2, 0) is 9.53 Å². The zero-order valence-corrected chi connectivity index (χ0v) is 21.6. The first-order valence-electron chi connectivity index (χ1n) is 12.4. The molecule has 1 aliphatic rings. The maximum atomic E-state index is 13.8. The fraction of sp³-hybridized carbons (Fsp3) is 0.393. The van der Waals surface area contributed by atoms with E-state index in [-0.39, 0.29) is 23.4 Å². The van der Waals surface area contributed by atoms with Gasteiger partial charge in [0.2, 0.25) is 0 Å². The van der Waals surface area contributed by atoms with Crippen molar-refractivity contribution in [2.75, 3.05) is 40.5 Å². The highest BCUT2D eigenvalue weighted by molar-refractivity contribution is 6.07. The lowest BCUT2D eigenvalue weighted by molar-refractivity contribution is -0.149. The highest BCUT2D eigenvalue weighted by Gasteiger charge is 2.30. The van der Waals surface area contributed by atoms with E-state index < -0.39 is 0 Å². The number of amides is 1. The van der Waals surface area contributed by atoms with Gasteiger partial charge in [0.15, 0.2) is 11.5 Å². The van der Waals surface area contributed by atoms with Crippen LogP contribution in [0.25, 0.3) is 16.5 Å². The van der Waals surface area contributed by atoms with Crippen LogP contribution in [0, 0.1) is 5.92 Å². The number of rotatable bonds is 8. The number of nitrogens with zero attached hydrogens (tertiary/aromatic N) is 2. The van der Waals surface area contributed by atoms with E-state index in [9.17, 15) is 14.4 Å². The van der Waals surface area contributed by atoms with E-state index in [0.29, 0.717) is 78.4 Å².